The molecule has 0 aromatic rings. The molecule has 0 fully saturated rings. The highest BCUT2D eigenvalue weighted by atomic mass is 14.0. The van der Waals surface area contributed by atoms with E-state index in [1.807, 2.05) is 6.92 Å². The quantitative estimate of drug-likeness (QED) is 0.428. The molecule has 0 rings (SSSR count). The van der Waals surface area contributed by atoms with Crippen LogP contribution in [-0.2, 0) is 0 Å². The number of terminal acetylenes is 1. The van der Waals surface area contributed by atoms with Gasteiger partial charge >= 0.3 is 0 Å². The van der Waals surface area contributed by atoms with E-state index in [0.717, 1.165) is 6.42 Å². The van der Waals surface area contributed by atoms with Gasteiger partial charge in [-0.3, -0.25) is 0 Å². The molecule has 1 atom stereocenters. The summed E-state index contributed by atoms with van der Waals surface area (Å²) in [5, 5.41) is 0. The minimum Gasteiger partial charge on any atom is -0.119 e. The van der Waals surface area contributed by atoms with Crippen LogP contribution in [0, 0.1) is 30.1 Å². The van der Waals surface area contributed by atoms with Crippen LogP contribution in [0.2, 0.25) is 0 Å². The lowest BCUT2D eigenvalue weighted by atomic mass is 10.0. The Balaban J connectivity index is 3.38. The molecule has 0 aliphatic rings. The van der Waals surface area contributed by atoms with Gasteiger partial charge in [0.2, 0.25) is 0 Å². The standard InChI is InChI=1S/C13H20/c1-4-7-8-9-10-12-13(6-3)11-5-2/h3,13H,4,7-10,12H2,1-2H3. The first-order chi connectivity index (χ1) is 6.35. The zero-order valence-electron chi connectivity index (χ0n) is 8.90. The van der Waals surface area contributed by atoms with Gasteiger partial charge in [0.15, 0.2) is 0 Å². The SMILES string of the molecule is C#CC(C#CC)CCCCCCC. The van der Waals surface area contributed by atoms with E-state index in [2.05, 4.69) is 24.7 Å². The maximum absolute atomic E-state index is 5.35. The molecule has 0 aromatic heterocycles. The van der Waals surface area contributed by atoms with Gasteiger partial charge in [-0.25, -0.2) is 0 Å². The van der Waals surface area contributed by atoms with Crippen LogP contribution in [0.5, 0.6) is 0 Å². The third-order valence-corrected chi connectivity index (χ3v) is 2.12. The van der Waals surface area contributed by atoms with Crippen molar-refractivity contribution in [2.75, 3.05) is 0 Å². The fraction of sp³-hybridized carbons (Fsp3) is 0.692. The predicted octanol–water partition coefficient (Wildman–Crippen LogP) is 3.62. The van der Waals surface area contributed by atoms with Gasteiger partial charge in [0.05, 0.1) is 5.92 Å². The normalized spacial score (nSPS) is 11.2. The molecule has 0 bridgehead atoms. The van der Waals surface area contributed by atoms with Gasteiger partial charge in [0, 0.05) is 0 Å². The monoisotopic (exact) mass is 176 g/mol. The largest absolute Gasteiger partial charge is 0.119 e. The van der Waals surface area contributed by atoms with Gasteiger partial charge in [-0.15, -0.1) is 12.3 Å². The molecule has 0 spiro atoms. The number of hydrogen-bond donors (Lipinski definition) is 0. The van der Waals surface area contributed by atoms with E-state index in [1.165, 1.54) is 32.1 Å². The highest BCUT2D eigenvalue weighted by Crippen LogP contribution is 2.10. The van der Waals surface area contributed by atoms with Crippen LogP contribution in [0.15, 0.2) is 0 Å². The second kappa shape index (κ2) is 9.21. The molecule has 0 heterocycles. The van der Waals surface area contributed by atoms with E-state index in [-0.39, 0.29) is 5.92 Å². The molecule has 0 N–H and O–H groups in total. The lowest BCUT2D eigenvalue weighted by Gasteiger charge is -2.02. The minimum atomic E-state index is 0.187. The zero-order chi connectivity index (χ0) is 9.94. The summed E-state index contributed by atoms with van der Waals surface area (Å²) in [7, 11) is 0. The second-order valence-electron chi connectivity index (χ2n) is 3.32. The smallest absolute Gasteiger partial charge is 0.0808 e. The molecule has 0 heteroatoms. The summed E-state index contributed by atoms with van der Waals surface area (Å²) >= 11 is 0. The maximum Gasteiger partial charge on any atom is 0.0808 e. The van der Waals surface area contributed by atoms with Crippen molar-refractivity contribution in [3.05, 3.63) is 0 Å². The maximum atomic E-state index is 5.35. The Morgan fingerprint density at radius 3 is 2.38 bits per heavy atom. The van der Waals surface area contributed by atoms with Gasteiger partial charge in [-0.1, -0.05) is 50.9 Å². The number of hydrogen-bond acceptors (Lipinski definition) is 0. The molecule has 0 aliphatic carbocycles. The van der Waals surface area contributed by atoms with Crippen molar-refractivity contribution in [2.24, 2.45) is 5.92 Å². The summed E-state index contributed by atoms with van der Waals surface area (Å²) in [4.78, 5) is 0. The van der Waals surface area contributed by atoms with Crippen molar-refractivity contribution >= 4 is 0 Å². The molecule has 72 valence electrons. The average molecular weight is 176 g/mol. The van der Waals surface area contributed by atoms with E-state index in [9.17, 15) is 0 Å². The third-order valence-electron chi connectivity index (χ3n) is 2.12. The minimum absolute atomic E-state index is 0.187. The Kier molecular flexibility index (Phi) is 8.59. The Hall–Kier alpha value is -0.880. The van der Waals surface area contributed by atoms with Gasteiger partial charge in [-0.2, -0.15) is 0 Å². The molecule has 0 nitrogen and oxygen atoms in total. The highest BCUT2D eigenvalue weighted by Gasteiger charge is 1.98. The summed E-state index contributed by atoms with van der Waals surface area (Å²) in [5.74, 6) is 8.82. The summed E-state index contributed by atoms with van der Waals surface area (Å²) in [5.41, 5.74) is 0. The lowest BCUT2D eigenvalue weighted by Crippen LogP contribution is -1.92. The highest BCUT2D eigenvalue weighted by molar-refractivity contribution is 5.13. The lowest BCUT2D eigenvalue weighted by molar-refractivity contribution is 0.587. The predicted molar refractivity (Wildman–Crippen MR) is 59.1 cm³/mol. The van der Waals surface area contributed by atoms with Crippen LogP contribution >= 0.6 is 0 Å². The van der Waals surface area contributed by atoms with Crippen LogP contribution in [-0.4, -0.2) is 0 Å². The van der Waals surface area contributed by atoms with Gasteiger partial charge in [-0.05, 0) is 13.3 Å². The second-order valence-corrected chi connectivity index (χ2v) is 3.32. The summed E-state index contributed by atoms with van der Waals surface area (Å²) in [6.07, 6.45) is 12.9. The van der Waals surface area contributed by atoms with Gasteiger partial charge in [0.25, 0.3) is 0 Å². The van der Waals surface area contributed by atoms with Crippen molar-refractivity contribution in [3.8, 4) is 24.2 Å². The van der Waals surface area contributed by atoms with E-state index < -0.39 is 0 Å². The van der Waals surface area contributed by atoms with E-state index in [1.54, 1.807) is 0 Å². The first-order valence-corrected chi connectivity index (χ1v) is 5.23. The van der Waals surface area contributed by atoms with E-state index in [0.29, 0.717) is 0 Å². The van der Waals surface area contributed by atoms with E-state index >= 15 is 0 Å². The van der Waals surface area contributed by atoms with Crippen LogP contribution in [0.3, 0.4) is 0 Å². The molecule has 0 saturated carbocycles. The first kappa shape index (κ1) is 12.1. The Morgan fingerprint density at radius 2 is 1.85 bits per heavy atom. The van der Waals surface area contributed by atoms with Crippen molar-refractivity contribution in [2.45, 2.75) is 52.4 Å². The van der Waals surface area contributed by atoms with E-state index in [4.69, 9.17) is 6.42 Å². The molecule has 0 aliphatic heterocycles. The number of rotatable bonds is 6. The summed E-state index contributed by atoms with van der Waals surface area (Å²) < 4.78 is 0. The molecule has 0 amide bonds. The molecule has 0 aromatic carbocycles. The van der Waals surface area contributed by atoms with Crippen molar-refractivity contribution < 1.29 is 0 Å². The van der Waals surface area contributed by atoms with Gasteiger partial charge < -0.3 is 0 Å². The van der Waals surface area contributed by atoms with Crippen LogP contribution < -0.4 is 0 Å². The number of unbranched alkanes of at least 4 members (excludes halogenated alkanes) is 4. The van der Waals surface area contributed by atoms with Crippen molar-refractivity contribution in [1.29, 1.82) is 0 Å². The molecule has 13 heavy (non-hydrogen) atoms. The topological polar surface area (TPSA) is 0 Å². The fourth-order valence-corrected chi connectivity index (χ4v) is 1.32. The van der Waals surface area contributed by atoms with Crippen molar-refractivity contribution in [3.63, 3.8) is 0 Å². The zero-order valence-corrected chi connectivity index (χ0v) is 8.90. The Labute approximate surface area is 83.1 Å². The van der Waals surface area contributed by atoms with Crippen LogP contribution in [0.25, 0.3) is 0 Å². The average Bonchev–Trinajstić information content (AvgIpc) is 2.16. The first-order valence-electron chi connectivity index (χ1n) is 5.23. The van der Waals surface area contributed by atoms with Crippen molar-refractivity contribution in [1.82, 2.24) is 0 Å². The Bertz CT molecular complexity index is 196. The molecular weight excluding hydrogens is 156 g/mol. The molecule has 0 radical (unpaired) electrons. The molecule has 1 unspecified atom stereocenters. The summed E-state index contributed by atoms with van der Waals surface area (Å²) in [6, 6.07) is 0. The fourth-order valence-electron chi connectivity index (χ4n) is 1.32. The Morgan fingerprint density at radius 1 is 1.15 bits per heavy atom. The summed E-state index contributed by atoms with van der Waals surface area (Å²) in [6.45, 7) is 4.08. The van der Waals surface area contributed by atoms with Crippen LogP contribution in [0.1, 0.15) is 52.4 Å². The van der Waals surface area contributed by atoms with Gasteiger partial charge in [0.1, 0.15) is 0 Å². The third kappa shape index (κ3) is 7.48. The molecule has 0 saturated heterocycles. The van der Waals surface area contributed by atoms with Crippen LogP contribution in [0.4, 0.5) is 0 Å². The molecular formula is C13H20.